The Balaban J connectivity index is 2.50. The summed E-state index contributed by atoms with van der Waals surface area (Å²) in [5, 5.41) is 9.21. The minimum atomic E-state index is -0.490. The number of carbonyl (C=O) groups is 2. The van der Waals surface area contributed by atoms with Gasteiger partial charge in [0, 0.05) is 7.05 Å². The summed E-state index contributed by atoms with van der Waals surface area (Å²) >= 11 is 0. The quantitative estimate of drug-likeness (QED) is 0.489. The molecule has 0 saturated carbocycles. The maximum Gasteiger partial charge on any atom is 0.248 e. The third-order valence-electron chi connectivity index (χ3n) is 1.42. The monoisotopic (exact) mass is 198 g/mol. The van der Waals surface area contributed by atoms with Crippen molar-refractivity contribution in [2.24, 2.45) is 0 Å². The van der Waals surface area contributed by atoms with Crippen molar-refractivity contribution in [2.45, 2.75) is 6.42 Å². The molecular weight excluding hydrogens is 188 g/mol. The Hall–Kier alpha value is -2.12. The van der Waals surface area contributed by atoms with E-state index in [0.29, 0.717) is 0 Å². The molecule has 8 nitrogen and oxygen atoms in total. The minimum absolute atomic E-state index is 0.0512. The number of carbonyl (C=O) groups excluding carboxylic acids is 2. The van der Waals surface area contributed by atoms with Gasteiger partial charge in [-0.1, -0.05) is 0 Å². The van der Waals surface area contributed by atoms with E-state index in [0.717, 1.165) is 4.68 Å². The van der Waals surface area contributed by atoms with E-state index in [1.807, 2.05) is 0 Å². The lowest BCUT2D eigenvalue weighted by molar-refractivity contribution is -0.126. The van der Waals surface area contributed by atoms with Crippen LogP contribution in [0, 0.1) is 0 Å². The van der Waals surface area contributed by atoms with Gasteiger partial charge in [-0.05, 0) is 0 Å². The minimum Gasteiger partial charge on any atom is -0.366 e. The molecule has 0 unspecified atom stereocenters. The highest BCUT2D eigenvalue weighted by atomic mass is 16.2. The van der Waals surface area contributed by atoms with Gasteiger partial charge in [-0.25, -0.2) is 4.68 Å². The van der Waals surface area contributed by atoms with Gasteiger partial charge < -0.3 is 11.1 Å². The lowest BCUT2D eigenvalue weighted by atomic mass is 10.4. The van der Waals surface area contributed by atoms with Crippen LogP contribution < -0.4 is 16.5 Å². The second-order valence-electron chi connectivity index (χ2n) is 2.44. The van der Waals surface area contributed by atoms with Crippen molar-refractivity contribution in [1.29, 1.82) is 0 Å². The van der Waals surface area contributed by atoms with Crippen LogP contribution in [0.3, 0.4) is 0 Å². The zero-order valence-electron chi connectivity index (χ0n) is 7.52. The molecular formula is C6H10N6O2. The molecule has 2 amide bonds. The van der Waals surface area contributed by atoms with Gasteiger partial charge in [0.25, 0.3) is 0 Å². The van der Waals surface area contributed by atoms with Gasteiger partial charge in [0.05, 0.1) is 0 Å². The highest BCUT2D eigenvalue weighted by Gasteiger charge is 2.08. The molecule has 1 aromatic rings. The van der Waals surface area contributed by atoms with Crippen LogP contribution in [0.25, 0.3) is 0 Å². The Morgan fingerprint density at radius 3 is 2.79 bits per heavy atom. The Morgan fingerprint density at radius 2 is 2.29 bits per heavy atom. The molecule has 0 aliphatic carbocycles. The molecule has 0 radical (unpaired) electrons. The zero-order chi connectivity index (χ0) is 10.6. The van der Waals surface area contributed by atoms with Crippen molar-refractivity contribution in [3.63, 3.8) is 0 Å². The molecule has 1 heterocycles. The molecule has 76 valence electrons. The molecule has 0 aromatic carbocycles. The summed E-state index contributed by atoms with van der Waals surface area (Å²) in [7, 11) is 1.45. The number of nitrogens with two attached hydrogens (primary N) is 1. The lowest BCUT2D eigenvalue weighted by Gasteiger charge is -2.04. The van der Waals surface area contributed by atoms with E-state index in [-0.39, 0.29) is 18.3 Å². The van der Waals surface area contributed by atoms with Crippen LogP contribution in [0.2, 0.25) is 0 Å². The highest BCUT2D eigenvalue weighted by Crippen LogP contribution is 1.91. The first-order valence-corrected chi connectivity index (χ1v) is 3.79. The number of nitrogens with one attached hydrogen (secondary N) is 2. The van der Waals surface area contributed by atoms with Crippen LogP contribution >= 0.6 is 0 Å². The standard InChI is InChI=1S/C6H10N6O2/c1-8-4(13)2-5(14)11-12-3-9-10-6(12)7/h3H,2H2,1H3,(H2,7,10)(H,8,13)(H,11,14). The SMILES string of the molecule is CNC(=O)CC(=O)Nn1cnnc1N. The summed E-state index contributed by atoms with van der Waals surface area (Å²) in [4.78, 5) is 21.9. The van der Waals surface area contributed by atoms with Crippen LogP contribution in [0.1, 0.15) is 6.42 Å². The summed E-state index contributed by atoms with van der Waals surface area (Å²) in [5.74, 6) is -0.819. The van der Waals surface area contributed by atoms with E-state index < -0.39 is 5.91 Å². The third-order valence-corrected chi connectivity index (χ3v) is 1.42. The van der Waals surface area contributed by atoms with E-state index >= 15 is 0 Å². The Morgan fingerprint density at radius 1 is 1.57 bits per heavy atom. The second kappa shape index (κ2) is 4.21. The summed E-state index contributed by atoms with van der Waals surface area (Å²) in [6.45, 7) is 0. The maximum absolute atomic E-state index is 11.1. The number of hydrogen-bond acceptors (Lipinski definition) is 5. The summed E-state index contributed by atoms with van der Waals surface area (Å²) < 4.78 is 1.13. The molecule has 0 bridgehead atoms. The second-order valence-corrected chi connectivity index (χ2v) is 2.44. The van der Waals surface area contributed by atoms with Crippen molar-refractivity contribution < 1.29 is 9.59 Å². The van der Waals surface area contributed by atoms with Crippen molar-refractivity contribution in [3.8, 4) is 0 Å². The summed E-state index contributed by atoms with van der Waals surface area (Å²) in [5.41, 5.74) is 7.65. The fourth-order valence-electron chi connectivity index (χ4n) is 0.738. The van der Waals surface area contributed by atoms with Crippen LogP contribution in [-0.2, 0) is 9.59 Å². The molecule has 1 aromatic heterocycles. The van der Waals surface area contributed by atoms with Crippen LogP contribution in [0.4, 0.5) is 5.95 Å². The first-order valence-electron chi connectivity index (χ1n) is 3.79. The first-order chi connectivity index (χ1) is 6.63. The fraction of sp³-hybridized carbons (Fsp3) is 0.333. The lowest BCUT2D eigenvalue weighted by Crippen LogP contribution is -2.29. The fourth-order valence-corrected chi connectivity index (χ4v) is 0.738. The molecule has 14 heavy (non-hydrogen) atoms. The largest absolute Gasteiger partial charge is 0.366 e. The van der Waals surface area contributed by atoms with Crippen LogP contribution in [-0.4, -0.2) is 33.7 Å². The number of amides is 2. The predicted molar refractivity (Wildman–Crippen MR) is 47.5 cm³/mol. The first kappa shape index (κ1) is 9.96. The molecule has 0 aliphatic rings. The molecule has 0 saturated heterocycles. The zero-order valence-corrected chi connectivity index (χ0v) is 7.52. The van der Waals surface area contributed by atoms with Crippen molar-refractivity contribution in [1.82, 2.24) is 20.2 Å². The van der Waals surface area contributed by atoms with E-state index in [1.54, 1.807) is 0 Å². The van der Waals surface area contributed by atoms with Crippen LogP contribution in [0.5, 0.6) is 0 Å². The summed E-state index contributed by atoms with van der Waals surface area (Å²) in [6, 6.07) is 0. The molecule has 0 fully saturated rings. The van der Waals surface area contributed by atoms with Gasteiger partial charge in [0.15, 0.2) is 0 Å². The Labute approximate surface area is 79.5 Å². The number of aromatic nitrogens is 3. The van der Waals surface area contributed by atoms with E-state index in [1.165, 1.54) is 13.4 Å². The molecule has 1 rings (SSSR count). The number of nitrogens with zero attached hydrogens (tertiary/aromatic N) is 3. The Bertz CT molecular complexity index is 346. The molecule has 0 atom stereocenters. The highest BCUT2D eigenvalue weighted by molar-refractivity contribution is 6.00. The Kier molecular flexibility index (Phi) is 3.00. The van der Waals surface area contributed by atoms with Gasteiger partial charge in [-0.3, -0.25) is 15.0 Å². The summed E-state index contributed by atoms with van der Waals surface area (Å²) in [6.07, 6.45) is 0.963. The number of anilines is 1. The van der Waals surface area contributed by atoms with Crippen LogP contribution in [0.15, 0.2) is 6.33 Å². The van der Waals surface area contributed by atoms with Gasteiger partial charge in [-0.15, -0.1) is 10.2 Å². The topological polar surface area (TPSA) is 115 Å². The third kappa shape index (κ3) is 2.44. The number of nitrogen functional groups attached to an aromatic ring is 1. The normalized spacial score (nSPS) is 9.50. The van der Waals surface area contributed by atoms with Gasteiger partial charge >= 0.3 is 0 Å². The van der Waals surface area contributed by atoms with Crippen molar-refractivity contribution in [2.75, 3.05) is 18.2 Å². The number of hydrogen-bond donors (Lipinski definition) is 3. The van der Waals surface area contributed by atoms with Crippen molar-refractivity contribution in [3.05, 3.63) is 6.33 Å². The molecule has 0 spiro atoms. The predicted octanol–water partition coefficient (Wildman–Crippen LogP) is -1.93. The maximum atomic E-state index is 11.1. The van der Waals surface area contributed by atoms with Gasteiger partial charge in [-0.2, -0.15) is 0 Å². The molecule has 0 aliphatic heterocycles. The van der Waals surface area contributed by atoms with Crippen molar-refractivity contribution >= 4 is 17.8 Å². The average molecular weight is 198 g/mol. The smallest absolute Gasteiger partial charge is 0.248 e. The molecule has 4 N–H and O–H groups in total. The van der Waals surface area contributed by atoms with E-state index in [9.17, 15) is 9.59 Å². The molecule has 8 heteroatoms. The van der Waals surface area contributed by atoms with E-state index in [2.05, 4.69) is 20.9 Å². The van der Waals surface area contributed by atoms with E-state index in [4.69, 9.17) is 5.73 Å². The van der Waals surface area contributed by atoms with Gasteiger partial charge in [0.1, 0.15) is 12.7 Å². The van der Waals surface area contributed by atoms with Gasteiger partial charge in [0.2, 0.25) is 17.8 Å². The number of rotatable bonds is 3. The average Bonchev–Trinajstić information content (AvgIpc) is 2.51.